The van der Waals surface area contributed by atoms with Crippen molar-refractivity contribution in [2.45, 2.75) is 13.0 Å². The highest BCUT2D eigenvalue weighted by atomic mass is 35.5. The Morgan fingerprint density at radius 2 is 1.46 bits per heavy atom. The van der Waals surface area contributed by atoms with E-state index in [1.54, 1.807) is 55.5 Å². The summed E-state index contributed by atoms with van der Waals surface area (Å²) in [4.78, 5) is 24.6. The third-order valence-corrected chi connectivity index (χ3v) is 4.29. The molecule has 28 heavy (non-hydrogen) atoms. The molecule has 1 atom stereocenters. The Labute approximate surface area is 168 Å². The van der Waals surface area contributed by atoms with Gasteiger partial charge >= 0.3 is 0 Å². The molecule has 5 nitrogen and oxygen atoms in total. The number of benzene rings is 3. The standard InChI is InChI=1S/C22H19ClN2O3/c1-15(24-22(27)19-9-5-6-10-20(19)23)21(26)25-16-11-13-18(14-12-16)28-17-7-3-2-4-8-17/h2-15H,1H3,(H,24,27)(H,25,26)/t15-/m0/s1. The highest BCUT2D eigenvalue weighted by molar-refractivity contribution is 6.33. The van der Waals surface area contributed by atoms with Crippen molar-refractivity contribution in [2.24, 2.45) is 0 Å². The number of carbonyl (C=O) groups is 2. The summed E-state index contributed by atoms with van der Waals surface area (Å²) in [5.74, 6) is 0.649. The number of hydrogen-bond donors (Lipinski definition) is 2. The van der Waals surface area contributed by atoms with Crippen molar-refractivity contribution in [3.05, 3.63) is 89.4 Å². The van der Waals surface area contributed by atoms with E-state index in [1.165, 1.54) is 0 Å². The molecule has 0 aliphatic carbocycles. The molecule has 0 spiro atoms. The minimum absolute atomic E-state index is 0.325. The topological polar surface area (TPSA) is 67.4 Å². The maximum Gasteiger partial charge on any atom is 0.253 e. The number of halogens is 1. The molecule has 3 rings (SSSR count). The van der Waals surface area contributed by atoms with Gasteiger partial charge in [0, 0.05) is 5.69 Å². The van der Waals surface area contributed by atoms with Crippen molar-refractivity contribution in [1.29, 1.82) is 0 Å². The van der Waals surface area contributed by atoms with Gasteiger partial charge in [-0.25, -0.2) is 0 Å². The molecule has 0 aromatic heterocycles. The molecule has 0 saturated heterocycles. The van der Waals surface area contributed by atoms with E-state index < -0.39 is 11.9 Å². The van der Waals surface area contributed by atoms with Crippen LogP contribution in [-0.2, 0) is 4.79 Å². The molecule has 142 valence electrons. The molecule has 0 aliphatic heterocycles. The molecule has 2 amide bonds. The number of carbonyl (C=O) groups excluding carboxylic acids is 2. The van der Waals surface area contributed by atoms with Crippen molar-refractivity contribution in [3.63, 3.8) is 0 Å². The second-order valence-electron chi connectivity index (χ2n) is 6.10. The van der Waals surface area contributed by atoms with Crippen LogP contribution in [0, 0.1) is 0 Å². The molecule has 6 heteroatoms. The van der Waals surface area contributed by atoms with Gasteiger partial charge in [0.25, 0.3) is 5.91 Å². The minimum atomic E-state index is -0.732. The first-order chi connectivity index (χ1) is 13.5. The predicted molar refractivity (Wildman–Crippen MR) is 110 cm³/mol. The molecule has 0 unspecified atom stereocenters. The van der Waals surface area contributed by atoms with Crippen LogP contribution in [0.5, 0.6) is 11.5 Å². The first-order valence-corrected chi connectivity index (χ1v) is 9.10. The maximum absolute atomic E-state index is 12.4. The molecule has 3 aromatic carbocycles. The lowest BCUT2D eigenvalue weighted by atomic mass is 10.2. The fraction of sp³-hybridized carbons (Fsp3) is 0.0909. The SMILES string of the molecule is C[C@H](NC(=O)c1ccccc1Cl)C(=O)Nc1ccc(Oc2ccccc2)cc1. The summed E-state index contributed by atoms with van der Waals surface area (Å²) in [5, 5.41) is 5.74. The molecular weight excluding hydrogens is 376 g/mol. The number of para-hydroxylation sites is 1. The number of anilines is 1. The van der Waals surface area contributed by atoms with Crippen LogP contribution in [-0.4, -0.2) is 17.9 Å². The fourth-order valence-electron chi connectivity index (χ4n) is 2.47. The fourth-order valence-corrected chi connectivity index (χ4v) is 2.69. The summed E-state index contributed by atoms with van der Waals surface area (Å²) in [6.45, 7) is 1.61. The zero-order valence-corrected chi connectivity index (χ0v) is 15.9. The van der Waals surface area contributed by atoms with Crippen molar-refractivity contribution in [1.82, 2.24) is 5.32 Å². The predicted octanol–water partition coefficient (Wildman–Crippen LogP) is 4.89. The van der Waals surface area contributed by atoms with Crippen molar-refractivity contribution >= 4 is 29.1 Å². The van der Waals surface area contributed by atoms with Crippen molar-refractivity contribution in [2.75, 3.05) is 5.32 Å². The minimum Gasteiger partial charge on any atom is -0.457 e. The smallest absolute Gasteiger partial charge is 0.253 e. The highest BCUT2D eigenvalue weighted by Gasteiger charge is 2.18. The maximum atomic E-state index is 12.4. The molecule has 0 saturated carbocycles. The highest BCUT2D eigenvalue weighted by Crippen LogP contribution is 2.22. The van der Waals surface area contributed by atoms with Crippen molar-refractivity contribution in [3.8, 4) is 11.5 Å². The van der Waals surface area contributed by atoms with Crippen LogP contribution in [0.1, 0.15) is 17.3 Å². The van der Waals surface area contributed by atoms with Gasteiger partial charge in [-0.15, -0.1) is 0 Å². The monoisotopic (exact) mass is 394 g/mol. The van der Waals surface area contributed by atoms with Crippen LogP contribution in [0.15, 0.2) is 78.9 Å². The van der Waals surface area contributed by atoms with Crippen LogP contribution in [0.2, 0.25) is 5.02 Å². The van der Waals surface area contributed by atoms with Crippen LogP contribution < -0.4 is 15.4 Å². The summed E-state index contributed by atoms with van der Waals surface area (Å²) in [7, 11) is 0. The third-order valence-electron chi connectivity index (χ3n) is 3.96. The van der Waals surface area contributed by atoms with Gasteiger partial charge in [0.15, 0.2) is 0 Å². The van der Waals surface area contributed by atoms with Gasteiger partial charge in [-0.2, -0.15) is 0 Å². The summed E-state index contributed by atoms with van der Waals surface area (Å²) < 4.78 is 5.72. The van der Waals surface area contributed by atoms with E-state index in [2.05, 4.69) is 10.6 Å². The molecule has 0 heterocycles. The van der Waals surface area contributed by atoms with Crippen LogP contribution >= 0.6 is 11.6 Å². The van der Waals surface area contributed by atoms with Crippen LogP contribution in [0.25, 0.3) is 0 Å². The van der Waals surface area contributed by atoms with Crippen molar-refractivity contribution < 1.29 is 14.3 Å². The Kier molecular flexibility index (Phi) is 6.29. The van der Waals surface area contributed by atoms with Crippen LogP contribution in [0.3, 0.4) is 0 Å². The van der Waals surface area contributed by atoms with E-state index >= 15 is 0 Å². The van der Waals surface area contributed by atoms with E-state index in [0.717, 1.165) is 5.75 Å². The van der Waals surface area contributed by atoms with E-state index in [-0.39, 0.29) is 5.91 Å². The van der Waals surface area contributed by atoms with E-state index in [4.69, 9.17) is 16.3 Å². The Hall–Kier alpha value is -3.31. The lowest BCUT2D eigenvalue weighted by molar-refractivity contribution is -0.117. The molecule has 0 aliphatic rings. The van der Waals surface area contributed by atoms with Gasteiger partial charge < -0.3 is 15.4 Å². The largest absolute Gasteiger partial charge is 0.457 e. The first-order valence-electron chi connectivity index (χ1n) is 8.72. The molecule has 0 radical (unpaired) electrons. The van der Waals surface area contributed by atoms with Gasteiger partial charge in [0.2, 0.25) is 5.91 Å². The number of hydrogen-bond acceptors (Lipinski definition) is 3. The molecule has 0 fully saturated rings. The van der Waals surface area contributed by atoms with Gasteiger partial charge in [0.1, 0.15) is 17.5 Å². The Balaban J connectivity index is 1.56. The number of amides is 2. The number of ether oxygens (including phenoxy) is 1. The summed E-state index contributed by atoms with van der Waals surface area (Å²) in [6, 6.07) is 22.4. The normalized spacial score (nSPS) is 11.4. The lowest BCUT2D eigenvalue weighted by Gasteiger charge is -2.15. The van der Waals surface area contributed by atoms with E-state index in [0.29, 0.717) is 22.0 Å². The molecule has 3 aromatic rings. The second kappa shape index (κ2) is 9.06. The number of rotatable bonds is 6. The molecular formula is C22H19ClN2O3. The summed E-state index contributed by atoms with van der Waals surface area (Å²) >= 11 is 6.01. The average Bonchev–Trinajstić information content (AvgIpc) is 2.70. The number of nitrogens with one attached hydrogen (secondary N) is 2. The average molecular weight is 395 g/mol. The molecule has 0 bridgehead atoms. The quantitative estimate of drug-likeness (QED) is 0.625. The van der Waals surface area contributed by atoms with Crippen LogP contribution in [0.4, 0.5) is 5.69 Å². The van der Waals surface area contributed by atoms with Gasteiger partial charge in [-0.3, -0.25) is 9.59 Å². The summed E-state index contributed by atoms with van der Waals surface area (Å²) in [6.07, 6.45) is 0. The molecule has 2 N–H and O–H groups in total. The Morgan fingerprint density at radius 3 is 2.14 bits per heavy atom. The van der Waals surface area contributed by atoms with Gasteiger partial charge in [-0.1, -0.05) is 41.9 Å². The summed E-state index contributed by atoms with van der Waals surface area (Å²) in [5.41, 5.74) is 0.926. The first kappa shape index (κ1) is 19.5. The zero-order chi connectivity index (χ0) is 19.9. The van der Waals surface area contributed by atoms with Gasteiger partial charge in [0.05, 0.1) is 10.6 Å². The van der Waals surface area contributed by atoms with Gasteiger partial charge in [-0.05, 0) is 55.5 Å². The van der Waals surface area contributed by atoms with E-state index in [1.807, 2.05) is 30.3 Å². The second-order valence-corrected chi connectivity index (χ2v) is 6.51. The Bertz CT molecular complexity index is 959. The Morgan fingerprint density at radius 1 is 0.857 bits per heavy atom. The van der Waals surface area contributed by atoms with E-state index in [9.17, 15) is 9.59 Å². The third kappa shape index (κ3) is 5.11. The lowest BCUT2D eigenvalue weighted by Crippen LogP contribution is -2.41. The zero-order valence-electron chi connectivity index (χ0n) is 15.2.